The minimum absolute atomic E-state index is 0.0343. The fourth-order valence-corrected chi connectivity index (χ4v) is 4.31. The third kappa shape index (κ3) is 5.11. The topological polar surface area (TPSA) is 68.5 Å². The molecule has 176 valence electrons. The highest BCUT2D eigenvalue weighted by molar-refractivity contribution is 5.49. The fraction of sp³-hybridized carbons (Fsp3) is 0.480. The van der Waals surface area contributed by atoms with Gasteiger partial charge in [0.2, 0.25) is 0 Å². The molecular formula is C25H34N6O2. The van der Waals surface area contributed by atoms with Crippen LogP contribution in [-0.2, 0) is 5.54 Å². The standard InChI is InChI=1S/C25H34N6O2/c1-6-33-22-11-7-19(8-12-22)23(24-26-27-28-31(24)25(2,3)4)30-17-15-29(16-18-30)20-9-13-21(32-5)14-10-20/h7-14,23H,6,15-18H2,1-5H3/t23-/m0/s1. The van der Waals surface area contributed by atoms with Crippen LogP contribution in [0.4, 0.5) is 5.69 Å². The Hall–Kier alpha value is -3.13. The van der Waals surface area contributed by atoms with E-state index in [1.807, 2.05) is 35.9 Å². The molecular weight excluding hydrogens is 416 g/mol. The number of aromatic nitrogens is 4. The van der Waals surface area contributed by atoms with E-state index in [-0.39, 0.29) is 11.6 Å². The van der Waals surface area contributed by atoms with Crippen molar-refractivity contribution in [1.82, 2.24) is 25.1 Å². The van der Waals surface area contributed by atoms with Gasteiger partial charge in [0.15, 0.2) is 5.82 Å². The lowest BCUT2D eigenvalue weighted by atomic mass is 10.0. The second kappa shape index (κ2) is 9.79. The van der Waals surface area contributed by atoms with Crippen molar-refractivity contribution in [3.63, 3.8) is 0 Å². The van der Waals surface area contributed by atoms with Gasteiger partial charge in [0.1, 0.15) is 11.5 Å². The van der Waals surface area contributed by atoms with Crippen LogP contribution in [-0.4, -0.2) is 65.0 Å². The second-order valence-electron chi connectivity index (χ2n) is 9.25. The molecule has 0 amide bonds. The number of nitrogens with zero attached hydrogens (tertiary/aromatic N) is 6. The summed E-state index contributed by atoms with van der Waals surface area (Å²) in [4.78, 5) is 4.89. The average Bonchev–Trinajstić information content (AvgIpc) is 3.31. The smallest absolute Gasteiger partial charge is 0.173 e. The summed E-state index contributed by atoms with van der Waals surface area (Å²) in [5, 5.41) is 12.9. The molecule has 0 radical (unpaired) electrons. The van der Waals surface area contributed by atoms with E-state index in [1.165, 1.54) is 5.69 Å². The zero-order valence-electron chi connectivity index (χ0n) is 20.2. The summed E-state index contributed by atoms with van der Waals surface area (Å²) < 4.78 is 12.9. The van der Waals surface area contributed by atoms with Gasteiger partial charge in [-0.05, 0) is 80.1 Å². The quantitative estimate of drug-likeness (QED) is 0.543. The van der Waals surface area contributed by atoms with Gasteiger partial charge in [0.05, 0.1) is 25.3 Å². The highest BCUT2D eigenvalue weighted by Gasteiger charge is 2.33. The maximum atomic E-state index is 5.66. The van der Waals surface area contributed by atoms with Crippen LogP contribution < -0.4 is 14.4 Å². The van der Waals surface area contributed by atoms with Gasteiger partial charge in [0, 0.05) is 31.9 Å². The predicted octanol–water partition coefficient (Wildman–Crippen LogP) is 3.75. The summed E-state index contributed by atoms with van der Waals surface area (Å²) in [7, 11) is 1.69. The summed E-state index contributed by atoms with van der Waals surface area (Å²) in [5.41, 5.74) is 2.16. The Bertz CT molecular complexity index is 1020. The molecule has 1 aromatic heterocycles. The molecule has 8 heteroatoms. The number of hydrogen-bond donors (Lipinski definition) is 0. The number of anilines is 1. The minimum atomic E-state index is -0.215. The van der Waals surface area contributed by atoms with Gasteiger partial charge < -0.3 is 14.4 Å². The fourth-order valence-electron chi connectivity index (χ4n) is 4.31. The van der Waals surface area contributed by atoms with Crippen molar-refractivity contribution in [3.8, 4) is 11.5 Å². The molecule has 0 N–H and O–H groups in total. The SMILES string of the molecule is CCOc1ccc([C@@H](c2nnnn2C(C)(C)C)N2CCN(c3ccc(OC)cc3)CC2)cc1. The van der Waals surface area contributed by atoms with Crippen molar-refractivity contribution < 1.29 is 9.47 Å². The molecule has 1 atom stereocenters. The number of benzene rings is 2. The van der Waals surface area contributed by atoms with E-state index in [9.17, 15) is 0 Å². The van der Waals surface area contributed by atoms with E-state index >= 15 is 0 Å². The van der Waals surface area contributed by atoms with E-state index in [4.69, 9.17) is 9.47 Å². The third-order valence-corrected chi connectivity index (χ3v) is 6.00. The first-order chi connectivity index (χ1) is 15.9. The lowest BCUT2D eigenvalue weighted by molar-refractivity contribution is 0.191. The Morgan fingerprint density at radius 1 is 0.909 bits per heavy atom. The van der Waals surface area contributed by atoms with Crippen LogP contribution in [0.5, 0.6) is 11.5 Å². The highest BCUT2D eigenvalue weighted by Crippen LogP contribution is 2.32. The van der Waals surface area contributed by atoms with E-state index < -0.39 is 0 Å². The summed E-state index contributed by atoms with van der Waals surface area (Å²) in [6.07, 6.45) is 0. The Labute approximate surface area is 196 Å². The van der Waals surface area contributed by atoms with Crippen LogP contribution in [0.25, 0.3) is 0 Å². The van der Waals surface area contributed by atoms with Gasteiger partial charge in [0.25, 0.3) is 0 Å². The monoisotopic (exact) mass is 450 g/mol. The molecule has 8 nitrogen and oxygen atoms in total. The van der Waals surface area contributed by atoms with Crippen molar-refractivity contribution >= 4 is 5.69 Å². The molecule has 3 aromatic rings. The first-order valence-electron chi connectivity index (χ1n) is 11.5. The van der Waals surface area contributed by atoms with E-state index in [0.29, 0.717) is 6.61 Å². The van der Waals surface area contributed by atoms with Crippen molar-refractivity contribution in [1.29, 1.82) is 0 Å². The molecule has 1 fully saturated rings. The van der Waals surface area contributed by atoms with Gasteiger partial charge in [-0.25, -0.2) is 4.68 Å². The molecule has 0 spiro atoms. The Kier molecular flexibility index (Phi) is 6.83. The van der Waals surface area contributed by atoms with E-state index in [1.54, 1.807) is 7.11 Å². The third-order valence-electron chi connectivity index (χ3n) is 6.00. The van der Waals surface area contributed by atoms with Crippen LogP contribution in [0, 0.1) is 0 Å². The van der Waals surface area contributed by atoms with Crippen molar-refractivity contribution in [3.05, 3.63) is 59.9 Å². The van der Waals surface area contributed by atoms with E-state index in [2.05, 4.69) is 70.4 Å². The number of methoxy groups -OCH3 is 1. The van der Waals surface area contributed by atoms with Gasteiger partial charge in [-0.3, -0.25) is 4.90 Å². The lowest BCUT2D eigenvalue weighted by Crippen LogP contribution is -2.48. The molecule has 2 aromatic carbocycles. The number of piperazine rings is 1. The number of hydrogen-bond acceptors (Lipinski definition) is 7. The van der Waals surface area contributed by atoms with Crippen molar-refractivity contribution in [2.24, 2.45) is 0 Å². The average molecular weight is 451 g/mol. The summed E-state index contributed by atoms with van der Waals surface area (Å²) in [6.45, 7) is 12.7. The normalized spacial score (nSPS) is 16.0. The molecule has 0 unspecified atom stereocenters. The summed E-state index contributed by atoms with van der Waals surface area (Å²) >= 11 is 0. The van der Waals surface area contributed by atoms with Crippen LogP contribution in [0.1, 0.15) is 45.1 Å². The highest BCUT2D eigenvalue weighted by atomic mass is 16.5. The maximum Gasteiger partial charge on any atom is 0.173 e. The summed E-state index contributed by atoms with van der Waals surface area (Å²) in [5.74, 6) is 2.62. The number of tetrazole rings is 1. The molecule has 0 saturated carbocycles. The van der Waals surface area contributed by atoms with Gasteiger partial charge in [-0.2, -0.15) is 0 Å². The second-order valence-corrected chi connectivity index (χ2v) is 9.25. The van der Waals surface area contributed by atoms with Crippen molar-refractivity contribution in [2.75, 3.05) is 44.8 Å². The zero-order valence-corrected chi connectivity index (χ0v) is 20.2. The predicted molar refractivity (Wildman–Crippen MR) is 129 cm³/mol. The Morgan fingerprint density at radius 3 is 2.12 bits per heavy atom. The zero-order chi connectivity index (χ0) is 23.4. The first kappa shape index (κ1) is 23.0. The molecule has 1 saturated heterocycles. The van der Waals surface area contributed by atoms with Crippen LogP contribution >= 0.6 is 0 Å². The van der Waals surface area contributed by atoms with Gasteiger partial charge in [-0.1, -0.05) is 12.1 Å². The van der Waals surface area contributed by atoms with Crippen LogP contribution in [0.15, 0.2) is 48.5 Å². The molecule has 4 rings (SSSR count). The maximum absolute atomic E-state index is 5.66. The molecule has 1 aliphatic rings. The lowest BCUT2D eigenvalue weighted by Gasteiger charge is -2.40. The molecule has 1 aliphatic heterocycles. The molecule has 2 heterocycles. The van der Waals surface area contributed by atoms with Gasteiger partial charge in [-0.15, -0.1) is 5.10 Å². The van der Waals surface area contributed by atoms with Gasteiger partial charge >= 0.3 is 0 Å². The minimum Gasteiger partial charge on any atom is -0.497 e. The molecule has 0 bridgehead atoms. The van der Waals surface area contributed by atoms with Crippen LogP contribution in [0.2, 0.25) is 0 Å². The summed E-state index contributed by atoms with van der Waals surface area (Å²) in [6, 6.07) is 16.6. The molecule has 33 heavy (non-hydrogen) atoms. The molecule has 0 aliphatic carbocycles. The number of ether oxygens (including phenoxy) is 2. The van der Waals surface area contributed by atoms with Crippen LogP contribution in [0.3, 0.4) is 0 Å². The van der Waals surface area contributed by atoms with Crippen molar-refractivity contribution in [2.45, 2.75) is 39.3 Å². The Balaban J connectivity index is 1.59. The van der Waals surface area contributed by atoms with E-state index in [0.717, 1.165) is 49.1 Å². The largest absolute Gasteiger partial charge is 0.497 e. The number of rotatable bonds is 7. The Morgan fingerprint density at radius 2 is 1.55 bits per heavy atom. The first-order valence-corrected chi connectivity index (χ1v) is 11.5.